The molecule has 0 saturated carbocycles. The zero-order chi connectivity index (χ0) is 16.4. The maximum Gasteiger partial charge on any atom is 0.420 e. The van der Waals surface area contributed by atoms with E-state index in [9.17, 15) is 9.59 Å². The van der Waals surface area contributed by atoms with E-state index in [0.717, 1.165) is 4.47 Å². The Bertz CT molecular complexity index is 929. The van der Waals surface area contributed by atoms with E-state index < -0.39 is 5.76 Å². The summed E-state index contributed by atoms with van der Waals surface area (Å²) in [5, 5.41) is 2.73. The number of hydrogen-bond acceptors (Lipinski definition) is 4. The van der Waals surface area contributed by atoms with Crippen molar-refractivity contribution < 1.29 is 13.9 Å². The summed E-state index contributed by atoms with van der Waals surface area (Å²) in [7, 11) is 1.52. The van der Waals surface area contributed by atoms with Crippen molar-refractivity contribution in [2.45, 2.75) is 6.54 Å². The topological polar surface area (TPSA) is 73.5 Å². The van der Waals surface area contributed by atoms with Gasteiger partial charge in [-0.05, 0) is 30.3 Å². The molecule has 2 aromatic carbocycles. The number of anilines is 1. The molecular formula is C16H13BrN2O4. The highest BCUT2D eigenvalue weighted by atomic mass is 79.9. The molecule has 0 radical (unpaired) electrons. The fourth-order valence-electron chi connectivity index (χ4n) is 2.27. The number of benzene rings is 2. The van der Waals surface area contributed by atoms with Crippen LogP contribution in [-0.2, 0) is 11.3 Å². The summed E-state index contributed by atoms with van der Waals surface area (Å²) in [6.45, 7) is -0.147. The minimum Gasteiger partial charge on any atom is -0.495 e. The number of nitrogens with zero attached hydrogens (tertiary/aromatic N) is 1. The van der Waals surface area contributed by atoms with E-state index >= 15 is 0 Å². The lowest BCUT2D eigenvalue weighted by atomic mass is 10.3. The largest absolute Gasteiger partial charge is 0.495 e. The molecule has 118 valence electrons. The van der Waals surface area contributed by atoms with Crippen molar-refractivity contribution in [2.75, 3.05) is 12.4 Å². The van der Waals surface area contributed by atoms with Crippen molar-refractivity contribution in [3.05, 3.63) is 57.5 Å². The predicted molar refractivity (Wildman–Crippen MR) is 89.8 cm³/mol. The molecule has 3 aromatic rings. The van der Waals surface area contributed by atoms with Crippen LogP contribution in [0.15, 0.2) is 56.1 Å². The summed E-state index contributed by atoms with van der Waals surface area (Å²) in [6, 6.07) is 12.3. The first-order valence-electron chi connectivity index (χ1n) is 6.80. The number of ether oxygens (including phenoxy) is 1. The number of carbonyl (C=O) groups excluding carboxylic acids is 1. The van der Waals surface area contributed by atoms with Gasteiger partial charge in [0.25, 0.3) is 0 Å². The van der Waals surface area contributed by atoms with Crippen LogP contribution in [0.4, 0.5) is 5.69 Å². The molecule has 0 aliphatic rings. The van der Waals surface area contributed by atoms with E-state index in [1.165, 1.54) is 11.7 Å². The van der Waals surface area contributed by atoms with Gasteiger partial charge in [-0.25, -0.2) is 4.79 Å². The first kappa shape index (κ1) is 15.4. The molecule has 0 atom stereocenters. The van der Waals surface area contributed by atoms with Gasteiger partial charge in [0.2, 0.25) is 5.91 Å². The normalized spacial score (nSPS) is 10.7. The zero-order valence-electron chi connectivity index (χ0n) is 12.2. The standard InChI is InChI=1S/C16H13BrN2O4/c1-22-13-5-3-2-4-11(13)18-15(20)9-19-12-7-6-10(17)8-14(12)23-16(19)21/h2-8H,9H2,1H3,(H,18,20). The van der Waals surface area contributed by atoms with E-state index in [1.807, 2.05) is 0 Å². The van der Waals surface area contributed by atoms with E-state index in [0.29, 0.717) is 22.5 Å². The second-order valence-electron chi connectivity index (χ2n) is 4.81. The SMILES string of the molecule is COc1ccccc1NC(=O)Cn1c(=O)oc2cc(Br)ccc21. The third-order valence-electron chi connectivity index (χ3n) is 3.31. The zero-order valence-corrected chi connectivity index (χ0v) is 13.8. The number of carbonyl (C=O) groups is 1. The molecule has 0 spiro atoms. The van der Waals surface area contributed by atoms with Gasteiger partial charge in [0.05, 0.1) is 18.3 Å². The lowest BCUT2D eigenvalue weighted by Crippen LogP contribution is -2.24. The van der Waals surface area contributed by atoms with Crippen LogP contribution in [0.5, 0.6) is 5.75 Å². The van der Waals surface area contributed by atoms with Gasteiger partial charge in [0.15, 0.2) is 5.58 Å². The summed E-state index contributed by atoms with van der Waals surface area (Å²) < 4.78 is 12.4. The molecule has 0 unspecified atom stereocenters. The average molecular weight is 377 g/mol. The fourth-order valence-corrected chi connectivity index (χ4v) is 2.61. The van der Waals surface area contributed by atoms with E-state index in [-0.39, 0.29) is 12.5 Å². The lowest BCUT2D eigenvalue weighted by molar-refractivity contribution is -0.116. The Hall–Kier alpha value is -2.54. The molecule has 1 aromatic heterocycles. The summed E-state index contributed by atoms with van der Waals surface area (Å²) >= 11 is 3.31. The third-order valence-corrected chi connectivity index (χ3v) is 3.81. The van der Waals surface area contributed by atoms with Gasteiger partial charge in [-0.3, -0.25) is 9.36 Å². The number of rotatable bonds is 4. The summed E-state index contributed by atoms with van der Waals surface area (Å²) in [6.07, 6.45) is 0. The summed E-state index contributed by atoms with van der Waals surface area (Å²) in [4.78, 5) is 24.2. The van der Waals surface area contributed by atoms with Crippen molar-refractivity contribution in [3.63, 3.8) is 0 Å². The van der Waals surface area contributed by atoms with Gasteiger partial charge < -0.3 is 14.5 Å². The Labute approximate surface area is 139 Å². The van der Waals surface area contributed by atoms with Crippen molar-refractivity contribution in [1.29, 1.82) is 0 Å². The number of amides is 1. The first-order valence-corrected chi connectivity index (χ1v) is 7.59. The van der Waals surface area contributed by atoms with Crippen LogP contribution in [0.1, 0.15) is 0 Å². The minimum absolute atomic E-state index is 0.147. The van der Waals surface area contributed by atoms with Crippen molar-refractivity contribution >= 4 is 38.6 Å². The molecule has 3 rings (SSSR count). The van der Waals surface area contributed by atoms with Gasteiger partial charge in [0.1, 0.15) is 12.3 Å². The Morgan fingerprint density at radius 2 is 2.09 bits per heavy atom. The number of halogens is 1. The van der Waals surface area contributed by atoms with Crippen molar-refractivity contribution in [3.8, 4) is 5.75 Å². The lowest BCUT2D eigenvalue weighted by Gasteiger charge is -2.09. The third kappa shape index (κ3) is 3.14. The number of methoxy groups -OCH3 is 1. The molecule has 6 nitrogen and oxygen atoms in total. The molecule has 0 aliphatic heterocycles. The van der Waals surface area contributed by atoms with Crippen molar-refractivity contribution in [2.24, 2.45) is 0 Å². The van der Waals surface area contributed by atoms with Crippen LogP contribution >= 0.6 is 15.9 Å². The highest BCUT2D eigenvalue weighted by molar-refractivity contribution is 9.10. The average Bonchev–Trinajstić information content (AvgIpc) is 2.82. The predicted octanol–water partition coefficient (Wildman–Crippen LogP) is 3.00. The molecule has 0 saturated heterocycles. The molecule has 7 heteroatoms. The second-order valence-corrected chi connectivity index (χ2v) is 5.73. The van der Waals surface area contributed by atoms with Crippen LogP contribution in [0.3, 0.4) is 0 Å². The molecular weight excluding hydrogens is 364 g/mol. The van der Waals surface area contributed by atoms with E-state index in [2.05, 4.69) is 21.2 Å². The maximum atomic E-state index is 12.2. The van der Waals surface area contributed by atoms with Gasteiger partial charge in [-0.15, -0.1) is 0 Å². The van der Waals surface area contributed by atoms with Crippen molar-refractivity contribution in [1.82, 2.24) is 4.57 Å². The fraction of sp³-hybridized carbons (Fsp3) is 0.125. The summed E-state index contributed by atoms with van der Waals surface area (Å²) in [5.74, 6) is -0.371. The highest BCUT2D eigenvalue weighted by Crippen LogP contribution is 2.23. The van der Waals surface area contributed by atoms with Crippen LogP contribution in [0.25, 0.3) is 11.1 Å². The van der Waals surface area contributed by atoms with Gasteiger partial charge >= 0.3 is 5.76 Å². The van der Waals surface area contributed by atoms with Gasteiger partial charge in [-0.2, -0.15) is 0 Å². The Morgan fingerprint density at radius 1 is 1.30 bits per heavy atom. The minimum atomic E-state index is -0.576. The molecule has 0 fully saturated rings. The number of fused-ring (bicyclic) bond motifs is 1. The monoisotopic (exact) mass is 376 g/mol. The smallest absolute Gasteiger partial charge is 0.420 e. The second kappa shape index (κ2) is 6.29. The quantitative estimate of drug-likeness (QED) is 0.759. The van der Waals surface area contributed by atoms with Gasteiger partial charge in [0, 0.05) is 4.47 Å². The molecule has 1 N–H and O–H groups in total. The molecule has 0 bridgehead atoms. The molecule has 0 aliphatic carbocycles. The molecule has 1 amide bonds. The van der Waals surface area contributed by atoms with Crippen LogP contribution in [0, 0.1) is 0 Å². The van der Waals surface area contributed by atoms with E-state index in [1.54, 1.807) is 42.5 Å². The molecule has 1 heterocycles. The number of oxazole rings is 1. The Balaban J connectivity index is 1.86. The molecule has 23 heavy (non-hydrogen) atoms. The maximum absolute atomic E-state index is 12.2. The highest BCUT2D eigenvalue weighted by Gasteiger charge is 2.14. The van der Waals surface area contributed by atoms with Gasteiger partial charge in [-0.1, -0.05) is 28.1 Å². The Morgan fingerprint density at radius 3 is 2.87 bits per heavy atom. The number of para-hydroxylation sites is 2. The van der Waals surface area contributed by atoms with Crippen LogP contribution in [0.2, 0.25) is 0 Å². The Kier molecular flexibility index (Phi) is 4.20. The number of hydrogen-bond donors (Lipinski definition) is 1. The number of nitrogens with one attached hydrogen (secondary N) is 1. The van der Waals surface area contributed by atoms with Crippen LogP contribution in [-0.4, -0.2) is 17.6 Å². The van der Waals surface area contributed by atoms with Crippen LogP contribution < -0.4 is 15.8 Å². The number of aromatic nitrogens is 1. The summed E-state index contributed by atoms with van der Waals surface area (Å²) in [5.41, 5.74) is 1.53. The first-order chi connectivity index (χ1) is 11.1. The van der Waals surface area contributed by atoms with E-state index in [4.69, 9.17) is 9.15 Å².